The number of halogens is 2. The molecule has 1 saturated heterocycles. The van der Waals surface area contributed by atoms with E-state index in [1.807, 2.05) is 13.8 Å². The van der Waals surface area contributed by atoms with Gasteiger partial charge in [-0.1, -0.05) is 23.7 Å². The van der Waals surface area contributed by atoms with E-state index in [2.05, 4.69) is 30.1 Å². The molecule has 2 aromatic carbocycles. The molecule has 2 aliphatic heterocycles. The smallest absolute Gasteiger partial charge is 0.294 e. The number of imide groups is 1. The number of nitrogens with one attached hydrogen (secondary N) is 1. The van der Waals surface area contributed by atoms with E-state index < -0.39 is 29.4 Å². The molecule has 0 radical (unpaired) electrons. The Morgan fingerprint density at radius 2 is 1.97 bits per heavy atom. The second-order valence-electron chi connectivity index (χ2n) is 8.94. The summed E-state index contributed by atoms with van der Waals surface area (Å²) in [6, 6.07) is 9.72. The van der Waals surface area contributed by atoms with Crippen molar-refractivity contribution < 1.29 is 18.8 Å². The van der Waals surface area contributed by atoms with Crippen LogP contribution < -0.4 is 10.2 Å². The van der Waals surface area contributed by atoms with Gasteiger partial charge in [0, 0.05) is 34.1 Å². The summed E-state index contributed by atoms with van der Waals surface area (Å²) in [7, 11) is 0. The summed E-state index contributed by atoms with van der Waals surface area (Å²) in [5, 5.41) is 2.47. The van der Waals surface area contributed by atoms with Crippen LogP contribution in [0.2, 0.25) is 5.02 Å². The van der Waals surface area contributed by atoms with Gasteiger partial charge < -0.3 is 10.2 Å². The van der Waals surface area contributed by atoms with Gasteiger partial charge in [0.1, 0.15) is 12.4 Å². The predicted octanol–water partition coefficient (Wildman–Crippen LogP) is 6.18. The first kappa shape index (κ1) is 25.0. The summed E-state index contributed by atoms with van der Waals surface area (Å²) < 4.78 is 15.1. The maximum absolute atomic E-state index is 15.1. The highest BCUT2D eigenvalue weighted by Gasteiger charge is 2.37. The number of anilines is 2. The van der Waals surface area contributed by atoms with Crippen molar-refractivity contribution in [1.82, 2.24) is 4.90 Å². The van der Waals surface area contributed by atoms with Crippen molar-refractivity contribution >= 4 is 63.4 Å². The van der Waals surface area contributed by atoms with Crippen molar-refractivity contribution in [3.8, 4) is 0 Å². The topological polar surface area (TPSA) is 69.7 Å². The van der Waals surface area contributed by atoms with Gasteiger partial charge in [-0.15, -0.1) is 0 Å². The summed E-state index contributed by atoms with van der Waals surface area (Å²) in [5.74, 6) is -1.67. The minimum Gasteiger partial charge on any atom is -0.363 e. The van der Waals surface area contributed by atoms with Crippen LogP contribution in [0.3, 0.4) is 0 Å². The standard InChI is InChI=1S/C26H25ClFN3O3S/c1-5-31-21-12-20(28)16(9-19(21)15(2)13-26(31,3)4)10-22-24(33)30(25(34)35-22)14-23(32)29-18-8-6-7-17(27)11-18/h6-13H,5,14H2,1-4H3,(H,29,32)/b22-10+. The van der Waals surface area contributed by atoms with E-state index in [1.54, 1.807) is 30.3 Å². The van der Waals surface area contributed by atoms with E-state index in [4.69, 9.17) is 11.6 Å². The molecule has 35 heavy (non-hydrogen) atoms. The molecule has 0 saturated carbocycles. The number of nitrogens with zero attached hydrogens (tertiary/aromatic N) is 2. The molecule has 3 amide bonds. The summed E-state index contributed by atoms with van der Waals surface area (Å²) >= 11 is 6.60. The van der Waals surface area contributed by atoms with Crippen LogP contribution in [0.25, 0.3) is 11.6 Å². The third-order valence-electron chi connectivity index (χ3n) is 5.98. The van der Waals surface area contributed by atoms with E-state index in [-0.39, 0.29) is 16.0 Å². The number of hydrogen-bond donors (Lipinski definition) is 1. The van der Waals surface area contributed by atoms with Crippen molar-refractivity contribution in [3.63, 3.8) is 0 Å². The maximum Gasteiger partial charge on any atom is 0.294 e. The molecule has 0 aromatic heterocycles. The Kier molecular flexibility index (Phi) is 6.79. The average molecular weight is 514 g/mol. The second-order valence-corrected chi connectivity index (χ2v) is 10.4. The van der Waals surface area contributed by atoms with Gasteiger partial charge in [-0.25, -0.2) is 4.39 Å². The average Bonchev–Trinajstić information content (AvgIpc) is 3.02. The van der Waals surface area contributed by atoms with Gasteiger partial charge in [-0.3, -0.25) is 19.3 Å². The molecular formula is C26H25ClFN3O3S. The van der Waals surface area contributed by atoms with Crippen molar-refractivity contribution in [1.29, 1.82) is 0 Å². The fourth-order valence-electron chi connectivity index (χ4n) is 4.49. The van der Waals surface area contributed by atoms with Gasteiger partial charge >= 0.3 is 0 Å². The lowest BCUT2D eigenvalue weighted by molar-refractivity contribution is -0.127. The molecule has 0 aliphatic carbocycles. The van der Waals surface area contributed by atoms with E-state index in [0.29, 0.717) is 29.0 Å². The summed E-state index contributed by atoms with van der Waals surface area (Å²) in [4.78, 5) is 40.8. The lowest BCUT2D eigenvalue weighted by atomic mass is 9.88. The van der Waals surface area contributed by atoms with E-state index in [9.17, 15) is 14.4 Å². The Morgan fingerprint density at radius 3 is 2.66 bits per heavy atom. The maximum atomic E-state index is 15.1. The number of allylic oxidation sites excluding steroid dienone is 1. The highest BCUT2D eigenvalue weighted by Crippen LogP contribution is 2.41. The quantitative estimate of drug-likeness (QED) is 0.484. The Morgan fingerprint density at radius 1 is 1.23 bits per heavy atom. The van der Waals surface area contributed by atoms with E-state index in [1.165, 1.54) is 12.1 Å². The number of likely N-dealkylation sites (N-methyl/N-ethyl adjacent to an activating group) is 1. The van der Waals surface area contributed by atoms with Crippen LogP contribution in [-0.2, 0) is 9.59 Å². The molecule has 0 unspecified atom stereocenters. The molecule has 2 aromatic rings. The van der Waals surface area contributed by atoms with Gasteiger partial charge in [0.05, 0.1) is 10.4 Å². The lowest BCUT2D eigenvalue weighted by Gasteiger charge is -2.42. The third-order valence-corrected chi connectivity index (χ3v) is 7.13. The largest absolute Gasteiger partial charge is 0.363 e. The molecule has 182 valence electrons. The van der Waals surface area contributed by atoms with Crippen LogP contribution in [0.4, 0.5) is 20.6 Å². The molecular weight excluding hydrogens is 489 g/mol. The van der Waals surface area contributed by atoms with Gasteiger partial charge in [0.25, 0.3) is 11.1 Å². The number of hydrogen-bond acceptors (Lipinski definition) is 5. The molecule has 0 bridgehead atoms. The molecule has 0 atom stereocenters. The number of thioether (sulfide) groups is 1. The highest BCUT2D eigenvalue weighted by molar-refractivity contribution is 8.18. The van der Waals surface area contributed by atoms with Gasteiger partial charge in [0.2, 0.25) is 5.91 Å². The first-order valence-electron chi connectivity index (χ1n) is 11.1. The Hall–Kier alpha value is -3.10. The summed E-state index contributed by atoms with van der Waals surface area (Å²) in [6.07, 6.45) is 3.51. The predicted molar refractivity (Wildman–Crippen MR) is 140 cm³/mol. The molecule has 1 fully saturated rings. The van der Waals surface area contributed by atoms with Crippen LogP contribution in [0.15, 0.2) is 47.4 Å². The Labute approximate surface area is 212 Å². The fraction of sp³-hybridized carbons (Fsp3) is 0.269. The van der Waals surface area contributed by atoms with E-state index >= 15 is 4.39 Å². The van der Waals surface area contributed by atoms with Crippen LogP contribution in [0.5, 0.6) is 0 Å². The zero-order chi connectivity index (χ0) is 25.5. The monoisotopic (exact) mass is 513 g/mol. The minimum atomic E-state index is -0.637. The van der Waals surface area contributed by atoms with Crippen LogP contribution in [-0.4, -0.2) is 40.6 Å². The summed E-state index contributed by atoms with van der Waals surface area (Å²) in [6.45, 7) is 8.40. The number of carbonyl (C=O) groups is 3. The lowest BCUT2D eigenvalue weighted by Crippen LogP contribution is -2.45. The number of fused-ring (bicyclic) bond motifs is 1. The van der Waals surface area contributed by atoms with Crippen molar-refractivity contribution in [2.24, 2.45) is 0 Å². The molecule has 9 heteroatoms. The van der Waals surface area contributed by atoms with Gasteiger partial charge in [-0.05, 0) is 81.4 Å². The SMILES string of the molecule is CCN1c2cc(F)c(/C=C3/SC(=O)N(CC(=O)Nc4cccc(Cl)c4)C3=O)cc2C(C)=CC1(C)C. The van der Waals surface area contributed by atoms with Crippen molar-refractivity contribution in [2.75, 3.05) is 23.3 Å². The first-order chi connectivity index (χ1) is 16.5. The number of rotatable bonds is 5. The van der Waals surface area contributed by atoms with Crippen LogP contribution in [0, 0.1) is 5.82 Å². The molecule has 2 heterocycles. The van der Waals surface area contributed by atoms with Crippen LogP contribution >= 0.6 is 23.4 Å². The second kappa shape index (κ2) is 9.51. The van der Waals surface area contributed by atoms with Crippen molar-refractivity contribution in [2.45, 2.75) is 33.2 Å². The minimum absolute atomic E-state index is 0.0644. The van der Waals surface area contributed by atoms with E-state index in [0.717, 1.165) is 21.7 Å². The Balaban J connectivity index is 1.57. The van der Waals surface area contributed by atoms with Crippen LogP contribution in [0.1, 0.15) is 38.8 Å². The van der Waals surface area contributed by atoms with Gasteiger partial charge in [-0.2, -0.15) is 0 Å². The number of amides is 3. The molecule has 4 rings (SSSR count). The Bertz CT molecular complexity index is 1300. The highest BCUT2D eigenvalue weighted by atomic mass is 35.5. The zero-order valence-corrected chi connectivity index (χ0v) is 21.4. The third kappa shape index (κ3) is 4.99. The first-order valence-corrected chi connectivity index (χ1v) is 12.3. The molecule has 6 nitrogen and oxygen atoms in total. The van der Waals surface area contributed by atoms with Crippen molar-refractivity contribution in [3.05, 3.63) is 69.3 Å². The zero-order valence-electron chi connectivity index (χ0n) is 19.8. The number of benzene rings is 2. The van der Waals surface area contributed by atoms with Gasteiger partial charge in [0.15, 0.2) is 0 Å². The number of carbonyl (C=O) groups excluding carboxylic acids is 3. The molecule has 0 spiro atoms. The summed E-state index contributed by atoms with van der Waals surface area (Å²) in [5.41, 5.74) is 3.08. The normalized spacial score (nSPS) is 18.1. The fourth-order valence-corrected chi connectivity index (χ4v) is 5.51. The molecule has 2 aliphatic rings. The molecule has 1 N–H and O–H groups in total.